The molecule has 1 aromatic rings. The predicted octanol–water partition coefficient (Wildman–Crippen LogP) is 1.30. The van der Waals surface area contributed by atoms with Crippen LogP contribution < -0.4 is 4.74 Å². The summed E-state index contributed by atoms with van der Waals surface area (Å²) in [5.74, 6) is 0.843. The van der Waals surface area contributed by atoms with Gasteiger partial charge in [0.25, 0.3) is 0 Å². The molecule has 1 rings (SSSR count). The number of aliphatic hydroxyl groups is 1. The van der Waals surface area contributed by atoms with Crippen LogP contribution in [0, 0.1) is 6.92 Å². The summed E-state index contributed by atoms with van der Waals surface area (Å²) < 4.78 is 5.52. The quantitative estimate of drug-likeness (QED) is 0.793. The molecule has 0 bridgehead atoms. The molecule has 0 aliphatic carbocycles. The largest absolute Gasteiger partial charge is 0.491 e. The van der Waals surface area contributed by atoms with Crippen LogP contribution in [0.2, 0.25) is 0 Å². The Morgan fingerprint density at radius 3 is 2.60 bits per heavy atom. The summed E-state index contributed by atoms with van der Waals surface area (Å²) in [7, 11) is 3.86. The van der Waals surface area contributed by atoms with E-state index in [-0.39, 0.29) is 0 Å². The van der Waals surface area contributed by atoms with Crippen molar-refractivity contribution in [2.24, 2.45) is 0 Å². The van der Waals surface area contributed by atoms with Gasteiger partial charge in [-0.05, 0) is 32.6 Å². The topological polar surface area (TPSA) is 32.7 Å². The number of rotatable bonds is 5. The number of nitrogens with zero attached hydrogens (tertiary/aromatic N) is 1. The highest BCUT2D eigenvalue weighted by Crippen LogP contribution is 2.16. The minimum atomic E-state index is -0.445. The Balaban J connectivity index is 2.40. The molecular formula is C12H19NO2. The SMILES string of the molecule is Cc1ccccc1OC[C@H](O)CN(C)C. The Morgan fingerprint density at radius 1 is 1.33 bits per heavy atom. The van der Waals surface area contributed by atoms with Crippen LogP contribution in [-0.4, -0.2) is 43.4 Å². The molecule has 0 aromatic heterocycles. The van der Waals surface area contributed by atoms with Crippen molar-refractivity contribution >= 4 is 0 Å². The Kier molecular flexibility index (Phi) is 4.59. The summed E-state index contributed by atoms with van der Waals surface area (Å²) in [5, 5.41) is 9.61. The molecule has 3 nitrogen and oxygen atoms in total. The number of benzene rings is 1. The first kappa shape index (κ1) is 12.0. The van der Waals surface area contributed by atoms with Gasteiger partial charge in [0.05, 0.1) is 0 Å². The lowest BCUT2D eigenvalue weighted by Crippen LogP contribution is -2.30. The highest BCUT2D eigenvalue weighted by atomic mass is 16.5. The van der Waals surface area contributed by atoms with Gasteiger partial charge in [-0.1, -0.05) is 18.2 Å². The van der Waals surface area contributed by atoms with Crippen LogP contribution in [-0.2, 0) is 0 Å². The molecule has 0 radical (unpaired) electrons. The molecule has 0 fully saturated rings. The summed E-state index contributed by atoms with van der Waals surface area (Å²) in [4.78, 5) is 1.94. The van der Waals surface area contributed by atoms with Crippen LogP contribution in [0.1, 0.15) is 5.56 Å². The van der Waals surface area contributed by atoms with E-state index in [0.717, 1.165) is 11.3 Å². The van der Waals surface area contributed by atoms with Crippen molar-refractivity contribution in [1.29, 1.82) is 0 Å². The van der Waals surface area contributed by atoms with Crippen LogP contribution in [0.15, 0.2) is 24.3 Å². The fourth-order valence-electron chi connectivity index (χ4n) is 1.38. The standard InChI is InChI=1S/C12H19NO2/c1-10-6-4-5-7-12(10)15-9-11(14)8-13(2)3/h4-7,11,14H,8-9H2,1-3H3/t11-/m1/s1. The number of hydrogen-bond acceptors (Lipinski definition) is 3. The Bertz CT molecular complexity index is 299. The molecule has 0 spiro atoms. The van der Waals surface area contributed by atoms with Crippen LogP contribution in [0.5, 0.6) is 5.75 Å². The number of ether oxygens (including phenoxy) is 1. The number of para-hydroxylation sites is 1. The normalized spacial score (nSPS) is 12.9. The maximum atomic E-state index is 9.61. The van der Waals surface area contributed by atoms with Gasteiger partial charge in [0, 0.05) is 6.54 Å². The summed E-state index contributed by atoms with van der Waals surface area (Å²) in [6.45, 7) is 2.95. The summed E-state index contributed by atoms with van der Waals surface area (Å²) in [6, 6.07) is 7.81. The fourth-order valence-corrected chi connectivity index (χ4v) is 1.38. The first-order valence-corrected chi connectivity index (χ1v) is 5.11. The predicted molar refractivity (Wildman–Crippen MR) is 61.2 cm³/mol. The maximum Gasteiger partial charge on any atom is 0.122 e. The molecule has 0 amide bonds. The van der Waals surface area contributed by atoms with Gasteiger partial charge in [-0.2, -0.15) is 0 Å². The van der Waals surface area contributed by atoms with E-state index in [1.165, 1.54) is 0 Å². The first-order chi connectivity index (χ1) is 7.09. The molecular weight excluding hydrogens is 190 g/mol. The van der Waals surface area contributed by atoms with Crippen molar-refractivity contribution in [3.05, 3.63) is 29.8 Å². The molecule has 15 heavy (non-hydrogen) atoms. The van der Waals surface area contributed by atoms with E-state index in [9.17, 15) is 5.11 Å². The number of aryl methyl sites for hydroxylation is 1. The second-order valence-corrected chi connectivity index (χ2v) is 3.99. The monoisotopic (exact) mass is 209 g/mol. The lowest BCUT2D eigenvalue weighted by molar-refractivity contribution is 0.0828. The van der Waals surface area contributed by atoms with Crippen molar-refractivity contribution in [2.75, 3.05) is 27.2 Å². The van der Waals surface area contributed by atoms with E-state index < -0.39 is 6.10 Å². The van der Waals surface area contributed by atoms with Crippen molar-refractivity contribution in [3.63, 3.8) is 0 Å². The maximum absolute atomic E-state index is 9.61. The molecule has 84 valence electrons. The third-order valence-electron chi connectivity index (χ3n) is 2.10. The second-order valence-electron chi connectivity index (χ2n) is 3.99. The van der Waals surface area contributed by atoms with Gasteiger partial charge < -0.3 is 14.7 Å². The molecule has 0 unspecified atom stereocenters. The minimum absolute atomic E-state index is 0.336. The number of aliphatic hydroxyl groups excluding tert-OH is 1. The molecule has 1 N–H and O–H groups in total. The molecule has 0 aliphatic rings. The van der Waals surface area contributed by atoms with E-state index in [2.05, 4.69) is 0 Å². The van der Waals surface area contributed by atoms with E-state index >= 15 is 0 Å². The van der Waals surface area contributed by atoms with E-state index in [1.54, 1.807) is 0 Å². The highest BCUT2D eigenvalue weighted by molar-refractivity contribution is 5.31. The van der Waals surface area contributed by atoms with Gasteiger partial charge >= 0.3 is 0 Å². The Morgan fingerprint density at radius 2 is 2.00 bits per heavy atom. The lowest BCUT2D eigenvalue weighted by Gasteiger charge is -2.17. The van der Waals surface area contributed by atoms with Crippen LogP contribution >= 0.6 is 0 Å². The summed E-state index contributed by atoms with van der Waals surface area (Å²) in [5.41, 5.74) is 1.09. The molecule has 0 saturated carbocycles. The zero-order valence-corrected chi connectivity index (χ0v) is 9.60. The molecule has 3 heteroatoms. The fraction of sp³-hybridized carbons (Fsp3) is 0.500. The highest BCUT2D eigenvalue weighted by Gasteiger charge is 2.07. The third kappa shape index (κ3) is 4.32. The van der Waals surface area contributed by atoms with Crippen LogP contribution in [0.25, 0.3) is 0 Å². The van der Waals surface area contributed by atoms with Crippen molar-refractivity contribution in [2.45, 2.75) is 13.0 Å². The molecule has 1 aromatic carbocycles. The van der Waals surface area contributed by atoms with E-state index in [0.29, 0.717) is 13.2 Å². The zero-order chi connectivity index (χ0) is 11.3. The summed E-state index contributed by atoms with van der Waals surface area (Å²) >= 11 is 0. The van der Waals surface area contributed by atoms with Crippen molar-refractivity contribution < 1.29 is 9.84 Å². The molecule has 0 heterocycles. The van der Waals surface area contributed by atoms with Gasteiger partial charge in [-0.25, -0.2) is 0 Å². The number of hydrogen-bond donors (Lipinski definition) is 1. The van der Waals surface area contributed by atoms with Crippen molar-refractivity contribution in [1.82, 2.24) is 4.90 Å². The van der Waals surface area contributed by atoms with Crippen LogP contribution in [0.3, 0.4) is 0 Å². The van der Waals surface area contributed by atoms with Gasteiger partial charge in [-0.15, -0.1) is 0 Å². The molecule has 0 saturated heterocycles. The van der Waals surface area contributed by atoms with Gasteiger partial charge in [0.1, 0.15) is 18.5 Å². The summed E-state index contributed by atoms with van der Waals surface area (Å²) in [6.07, 6.45) is -0.445. The van der Waals surface area contributed by atoms with Gasteiger partial charge in [0.2, 0.25) is 0 Å². The van der Waals surface area contributed by atoms with E-state index in [1.807, 2.05) is 50.2 Å². The lowest BCUT2D eigenvalue weighted by atomic mass is 10.2. The smallest absolute Gasteiger partial charge is 0.122 e. The zero-order valence-electron chi connectivity index (χ0n) is 9.60. The second kappa shape index (κ2) is 5.73. The third-order valence-corrected chi connectivity index (χ3v) is 2.10. The average Bonchev–Trinajstić information content (AvgIpc) is 2.15. The van der Waals surface area contributed by atoms with Gasteiger partial charge in [-0.3, -0.25) is 0 Å². The van der Waals surface area contributed by atoms with Crippen molar-refractivity contribution in [3.8, 4) is 5.75 Å². The Labute approximate surface area is 91.3 Å². The van der Waals surface area contributed by atoms with E-state index in [4.69, 9.17) is 4.74 Å². The minimum Gasteiger partial charge on any atom is -0.491 e. The average molecular weight is 209 g/mol. The molecule has 1 atom stereocenters. The van der Waals surface area contributed by atoms with Gasteiger partial charge in [0.15, 0.2) is 0 Å². The Hall–Kier alpha value is -1.06. The van der Waals surface area contributed by atoms with Crippen LogP contribution in [0.4, 0.5) is 0 Å². The molecule has 0 aliphatic heterocycles. The first-order valence-electron chi connectivity index (χ1n) is 5.11. The number of likely N-dealkylation sites (N-methyl/N-ethyl adjacent to an activating group) is 1.